The largest absolute Gasteiger partial charge is 0.480 e. The van der Waals surface area contributed by atoms with E-state index in [9.17, 15) is 19.5 Å². The highest BCUT2D eigenvalue weighted by Crippen LogP contribution is 2.55. The van der Waals surface area contributed by atoms with E-state index in [0.29, 0.717) is 18.4 Å². The van der Waals surface area contributed by atoms with Crippen LogP contribution in [0.1, 0.15) is 24.4 Å². The maximum Gasteiger partial charge on any atom is 0.327 e. The second kappa shape index (κ2) is 7.06. The van der Waals surface area contributed by atoms with Crippen molar-refractivity contribution in [1.82, 2.24) is 15.1 Å². The zero-order valence-corrected chi connectivity index (χ0v) is 16.4. The molecular weight excluding hydrogens is 380 g/mol. The van der Waals surface area contributed by atoms with Crippen molar-refractivity contribution in [1.29, 1.82) is 0 Å². The van der Waals surface area contributed by atoms with Gasteiger partial charge in [0.25, 0.3) is 0 Å². The van der Waals surface area contributed by atoms with Crippen molar-refractivity contribution >= 4 is 29.5 Å². The number of nitrogens with zero attached hydrogens (tertiary/aromatic N) is 2. The first-order valence-corrected chi connectivity index (χ1v) is 10.2. The number of aliphatic carboxylic acids is 1. The van der Waals surface area contributed by atoms with E-state index in [1.807, 2.05) is 13.1 Å². The molecule has 4 atom stereocenters. The number of β-lactam (4-membered cyclic amide) rings is 1. The van der Waals surface area contributed by atoms with Gasteiger partial charge in [0.1, 0.15) is 23.5 Å². The summed E-state index contributed by atoms with van der Waals surface area (Å²) in [5.41, 5.74) is 6.70. The van der Waals surface area contributed by atoms with E-state index >= 15 is 0 Å². The second-order valence-electron chi connectivity index (χ2n) is 7.74. The lowest BCUT2D eigenvalue weighted by Crippen LogP contribution is -2.71. The molecule has 3 aliphatic heterocycles. The normalized spacial score (nSPS) is 29.9. The monoisotopic (exact) mass is 404 g/mol. The molecule has 1 aromatic carbocycles. The molecular formula is C19H24N4O4S. The van der Waals surface area contributed by atoms with E-state index in [2.05, 4.69) is 10.2 Å². The molecule has 28 heavy (non-hydrogen) atoms. The lowest BCUT2D eigenvalue weighted by molar-refractivity contribution is -0.162. The summed E-state index contributed by atoms with van der Waals surface area (Å²) in [6.07, 6.45) is 1.41. The van der Waals surface area contributed by atoms with E-state index in [1.54, 1.807) is 24.3 Å². The van der Waals surface area contributed by atoms with Gasteiger partial charge in [-0.15, -0.1) is 11.8 Å². The lowest BCUT2D eigenvalue weighted by atomic mass is 9.85. The summed E-state index contributed by atoms with van der Waals surface area (Å²) in [5, 5.41) is 12.2. The molecule has 3 heterocycles. The Morgan fingerprint density at radius 2 is 1.93 bits per heavy atom. The molecule has 3 unspecified atom stereocenters. The summed E-state index contributed by atoms with van der Waals surface area (Å²) in [6, 6.07) is 6.51. The molecule has 3 aliphatic rings. The SMILES string of the molecule is CN1CCC2(CC1)S[C@H]1C(NC(=O)C(N)c3ccccc3)C(=O)N1C2C(=O)O. The summed E-state index contributed by atoms with van der Waals surface area (Å²) in [4.78, 5) is 40.9. The fourth-order valence-electron chi connectivity index (χ4n) is 4.36. The second-order valence-corrected chi connectivity index (χ2v) is 9.27. The number of carbonyl (C=O) groups excluding carboxylic acids is 2. The van der Waals surface area contributed by atoms with E-state index in [4.69, 9.17) is 5.73 Å². The van der Waals surface area contributed by atoms with Gasteiger partial charge in [-0.2, -0.15) is 0 Å². The first-order chi connectivity index (χ1) is 13.3. The van der Waals surface area contributed by atoms with Crippen molar-refractivity contribution < 1.29 is 19.5 Å². The minimum absolute atomic E-state index is 0.339. The highest BCUT2D eigenvalue weighted by Gasteiger charge is 2.67. The van der Waals surface area contributed by atoms with Crippen molar-refractivity contribution in [2.45, 2.75) is 41.1 Å². The van der Waals surface area contributed by atoms with Crippen LogP contribution in [-0.4, -0.2) is 75.0 Å². The predicted molar refractivity (Wildman–Crippen MR) is 104 cm³/mol. The van der Waals surface area contributed by atoms with Gasteiger partial charge in [-0.25, -0.2) is 4.79 Å². The lowest BCUT2D eigenvalue weighted by Gasteiger charge is -2.44. The van der Waals surface area contributed by atoms with Crippen LogP contribution in [-0.2, 0) is 14.4 Å². The van der Waals surface area contributed by atoms with Crippen LogP contribution >= 0.6 is 11.8 Å². The number of piperidine rings is 1. The number of nitrogens with one attached hydrogen (secondary N) is 1. The Labute approximate surface area is 167 Å². The number of carboxylic acids is 1. The van der Waals surface area contributed by atoms with Gasteiger partial charge in [0.2, 0.25) is 11.8 Å². The van der Waals surface area contributed by atoms with Crippen LogP contribution in [0.2, 0.25) is 0 Å². The number of fused-ring (bicyclic) bond motifs is 1. The van der Waals surface area contributed by atoms with E-state index in [0.717, 1.165) is 13.1 Å². The topological polar surface area (TPSA) is 116 Å². The third-order valence-electron chi connectivity index (χ3n) is 6.02. The van der Waals surface area contributed by atoms with E-state index < -0.39 is 34.7 Å². The summed E-state index contributed by atoms with van der Waals surface area (Å²) >= 11 is 1.53. The molecule has 2 amide bonds. The smallest absolute Gasteiger partial charge is 0.327 e. The average Bonchev–Trinajstić information content (AvgIpc) is 2.99. The van der Waals surface area contributed by atoms with Crippen molar-refractivity contribution in [2.75, 3.05) is 20.1 Å². The third kappa shape index (κ3) is 2.98. The average molecular weight is 404 g/mol. The molecule has 0 aromatic heterocycles. The Kier molecular flexibility index (Phi) is 4.84. The Morgan fingerprint density at radius 3 is 2.54 bits per heavy atom. The van der Waals surface area contributed by atoms with E-state index in [1.165, 1.54) is 16.7 Å². The Balaban J connectivity index is 1.50. The van der Waals surface area contributed by atoms with Gasteiger partial charge in [-0.1, -0.05) is 30.3 Å². The number of hydrogen-bond donors (Lipinski definition) is 3. The number of likely N-dealkylation sites (tertiary alicyclic amines) is 1. The van der Waals surface area contributed by atoms with Gasteiger partial charge in [-0.05, 0) is 38.5 Å². The van der Waals surface area contributed by atoms with Crippen LogP contribution in [0.5, 0.6) is 0 Å². The highest BCUT2D eigenvalue weighted by molar-refractivity contribution is 8.01. The van der Waals surface area contributed by atoms with Crippen molar-refractivity contribution in [3.8, 4) is 0 Å². The summed E-state index contributed by atoms with van der Waals surface area (Å²) in [5.74, 6) is -1.74. The van der Waals surface area contributed by atoms with Gasteiger partial charge in [0.15, 0.2) is 0 Å². The first kappa shape index (κ1) is 19.2. The molecule has 0 bridgehead atoms. The third-order valence-corrected chi connectivity index (χ3v) is 7.86. The zero-order chi connectivity index (χ0) is 20.1. The number of rotatable bonds is 4. The molecule has 4 rings (SSSR count). The zero-order valence-electron chi connectivity index (χ0n) is 15.6. The fourth-order valence-corrected chi connectivity index (χ4v) is 6.27. The molecule has 9 heteroatoms. The minimum atomic E-state index is -0.973. The highest BCUT2D eigenvalue weighted by atomic mass is 32.2. The number of carbonyl (C=O) groups is 3. The number of amides is 2. The number of hydrogen-bond acceptors (Lipinski definition) is 6. The maximum absolute atomic E-state index is 12.7. The first-order valence-electron chi connectivity index (χ1n) is 9.36. The standard InChI is InChI=1S/C19H24N4O4S/c1-22-9-7-19(8-10-22)14(18(26)27)23-16(25)13(17(23)28-19)21-15(24)12(20)11-5-3-2-4-6-11/h2-6,12-14,17H,7-10,20H2,1H3,(H,21,24)(H,26,27)/t12?,13?,14?,17-/m0/s1. The maximum atomic E-state index is 12.7. The van der Waals surface area contributed by atoms with Crippen molar-refractivity contribution in [3.63, 3.8) is 0 Å². The Hall–Kier alpha value is -2.10. The number of thioether (sulfide) groups is 1. The van der Waals surface area contributed by atoms with E-state index in [-0.39, 0.29) is 11.3 Å². The summed E-state index contributed by atoms with van der Waals surface area (Å²) in [7, 11) is 2.01. The number of benzene rings is 1. The molecule has 4 N–H and O–H groups in total. The molecule has 1 spiro atoms. The molecule has 3 fully saturated rings. The minimum Gasteiger partial charge on any atom is -0.480 e. The van der Waals surface area contributed by atoms with Gasteiger partial charge in [0.05, 0.1) is 4.75 Å². The van der Waals surface area contributed by atoms with Crippen LogP contribution in [0.4, 0.5) is 0 Å². The summed E-state index contributed by atoms with van der Waals surface area (Å²) in [6.45, 7) is 1.59. The molecule has 1 aromatic rings. The van der Waals surface area contributed by atoms with Gasteiger partial charge >= 0.3 is 5.97 Å². The summed E-state index contributed by atoms with van der Waals surface area (Å²) < 4.78 is -0.500. The van der Waals surface area contributed by atoms with Crippen molar-refractivity contribution in [3.05, 3.63) is 35.9 Å². The van der Waals surface area contributed by atoms with Gasteiger partial charge in [0, 0.05) is 0 Å². The number of carboxylic acid groups (broad SMARTS) is 1. The van der Waals surface area contributed by atoms with Gasteiger partial charge < -0.3 is 26.0 Å². The molecule has 8 nitrogen and oxygen atoms in total. The Morgan fingerprint density at radius 1 is 1.29 bits per heavy atom. The van der Waals surface area contributed by atoms with Crippen LogP contribution in [0.25, 0.3) is 0 Å². The number of nitrogens with two attached hydrogens (primary N) is 1. The fraction of sp³-hybridized carbons (Fsp3) is 0.526. The van der Waals surface area contributed by atoms with Gasteiger partial charge in [-0.3, -0.25) is 9.59 Å². The molecule has 3 saturated heterocycles. The molecule has 150 valence electrons. The molecule has 0 aliphatic carbocycles. The quantitative estimate of drug-likeness (QED) is 0.605. The van der Waals surface area contributed by atoms with Crippen LogP contribution in [0.15, 0.2) is 30.3 Å². The molecule has 0 saturated carbocycles. The van der Waals surface area contributed by atoms with Crippen LogP contribution < -0.4 is 11.1 Å². The van der Waals surface area contributed by atoms with Crippen molar-refractivity contribution in [2.24, 2.45) is 5.73 Å². The van der Waals surface area contributed by atoms with Crippen LogP contribution in [0, 0.1) is 0 Å². The molecule has 0 radical (unpaired) electrons. The Bertz CT molecular complexity index is 796. The predicted octanol–water partition coefficient (Wildman–Crippen LogP) is 0.00390. The van der Waals surface area contributed by atoms with Crippen LogP contribution in [0.3, 0.4) is 0 Å².